The average molecular weight is 408 g/mol. The number of ether oxygens (including phenoxy) is 1. The Morgan fingerprint density at radius 1 is 1.20 bits per heavy atom. The van der Waals surface area contributed by atoms with Gasteiger partial charge in [-0.05, 0) is 42.8 Å². The minimum absolute atomic E-state index is 0.0771. The minimum Gasteiger partial charge on any atom is -0.497 e. The molecule has 1 heterocycles. The van der Waals surface area contributed by atoms with Gasteiger partial charge >= 0.3 is 0 Å². The van der Waals surface area contributed by atoms with E-state index in [1.165, 1.54) is 24.3 Å². The van der Waals surface area contributed by atoms with Crippen molar-refractivity contribution in [1.82, 2.24) is 9.78 Å². The number of anilines is 1. The Labute approximate surface area is 172 Å². The zero-order chi connectivity index (χ0) is 21.7. The van der Waals surface area contributed by atoms with E-state index in [1.54, 1.807) is 20.1 Å². The second-order valence-electron chi connectivity index (χ2n) is 6.65. The van der Waals surface area contributed by atoms with Crippen LogP contribution in [0.5, 0.6) is 5.75 Å². The molecule has 0 aliphatic rings. The molecule has 0 saturated carbocycles. The van der Waals surface area contributed by atoms with E-state index in [2.05, 4.69) is 10.4 Å². The van der Waals surface area contributed by atoms with Crippen LogP contribution in [0.25, 0.3) is 0 Å². The number of amides is 1. The first-order valence-corrected chi connectivity index (χ1v) is 9.10. The third-order valence-electron chi connectivity index (χ3n) is 4.35. The molecule has 1 amide bonds. The Balaban J connectivity index is 1.76. The second kappa shape index (κ2) is 8.99. The van der Waals surface area contributed by atoms with E-state index >= 15 is 0 Å². The summed E-state index contributed by atoms with van der Waals surface area (Å²) < 4.78 is 6.33. The Bertz CT molecular complexity index is 1140. The summed E-state index contributed by atoms with van der Waals surface area (Å²) in [4.78, 5) is 35.3. The number of aryl methyl sites for hydroxylation is 1. The molecular formula is C21H20N4O5. The van der Waals surface area contributed by atoms with Crippen molar-refractivity contribution in [1.29, 1.82) is 0 Å². The molecule has 1 N–H and O–H groups in total. The number of nitro groups is 1. The number of carbonyl (C=O) groups excluding carboxylic acids is 1. The SMILES string of the molecule is COc1cccc(Cc2cc(C)nn(CC(=O)Nc3ccc([N+](=O)[O-])cc3)c2=O)c1. The van der Waals surface area contributed by atoms with Crippen LogP contribution in [0.1, 0.15) is 16.8 Å². The summed E-state index contributed by atoms with van der Waals surface area (Å²) in [6, 6.07) is 14.5. The molecule has 9 heteroatoms. The standard InChI is InChI=1S/C21H20N4O5/c1-14-10-16(11-15-4-3-5-19(12-15)30-2)21(27)24(23-14)13-20(26)22-17-6-8-18(9-7-17)25(28)29/h3-10,12H,11,13H2,1-2H3,(H,22,26). The number of rotatable bonds is 7. The van der Waals surface area contributed by atoms with Crippen molar-refractivity contribution in [2.45, 2.75) is 19.9 Å². The van der Waals surface area contributed by atoms with Gasteiger partial charge in [-0.3, -0.25) is 19.7 Å². The van der Waals surface area contributed by atoms with Crippen molar-refractivity contribution in [3.8, 4) is 5.75 Å². The summed E-state index contributed by atoms with van der Waals surface area (Å²) in [6.45, 7) is 1.47. The number of aromatic nitrogens is 2. The zero-order valence-electron chi connectivity index (χ0n) is 16.5. The number of nitro benzene ring substituents is 1. The summed E-state index contributed by atoms with van der Waals surface area (Å²) in [5, 5.41) is 17.5. The molecule has 0 unspecified atom stereocenters. The van der Waals surface area contributed by atoms with E-state index < -0.39 is 10.8 Å². The van der Waals surface area contributed by atoms with Gasteiger partial charge in [-0.25, -0.2) is 4.68 Å². The van der Waals surface area contributed by atoms with Crippen molar-refractivity contribution < 1.29 is 14.5 Å². The predicted octanol–water partition coefficient (Wildman–Crippen LogP) is 2.70. The first-order chi connectivity index (χ1) is 14.4. The van der Waals surface area contributed by atoms with E-state index in [9.17, 15) is 19.7 Å². The molecule has 1 aromatic heterocycles. The van der Waals surface area contributed by atoms with Gasteiger partial charge in [0.25, 0.3) is 11.2 Å². The zero-order valence-corrected chi connectivity index (χ0v) is 16.5. The molecule has 0 radical (unpaired) electrons. The van der Waals surface area contributed by atoms with Crippen LogP contribution in [0, 0.1) is 17.0 Å². The number of benzene rings is 2. The molecule has 3 rings (SSSR count). The van der Waals surface area contributed by atoms with Crippen LogP contribution in [0.4, 0.5) is 11.4 Å². The smallest absolute Gasteiger partial charge is 0.270 e. The van der Waals surface area contributed by atoms with Crippen LogP contribution >= 0.6 is 0 Å². The molecule has 2 aromatic carbocycles. The highest BCUT2D eigenvalue weighted by Gasteiger charge is 2.12. The van der Waals surface area contributed by atoms with Gasteiger partial charge in [0.1, 0.15) is 12.3 Å². The first-order valence-electron chi connectivity index (χ1n) is 9.10. The number of nitrogens with one attached hydrogen (secondary N) is 1. The summed E-state index contributed by atoms with van der Waals surface area (Å²) >= 11 is 0. The minimum atomic E-state index is -0.522. The van der Waals surface area contributed by atoms with Gasteiger partial charge in [0.05, 0.1) is 17.7 Å². The molecule has 30 heavy (non-hydrogen) atoms. The second-order valence-corrected chi connectivity index (χ2v) is 6.65. The van der Waals surface area contributed by atoms with Crippen LogP contribution < -0.4 is 15.6 Å². The average Bonchev–Trinajstić information content (AvgIpc) is 2.72. The van der Waals surface area contributed by atoms with Crippen LogP contribution in [0.2, 0.25) is 0 Å². The Morgan fingerprint density at radius 2 is 1.93 bits per heavy atom. The highest BCUT2D eigenvalue weighted by atomic mass is 16.6. The lowest BCUT2D eigenvalue weighted by Gasteiger charge is -2.10. The van der Waals surface area contributed by atoms with Crippen LogP contribution in [0.3, 0.4) is 0 Å². The molecule has 0 atom stereocenters. The number of methoxy groups -OCH3 is 1. The van der Waals surface area contributed by atoms with Crippen LogP contribution in [-0.4, -0.2) is 27.7 Å². The Hall–Kier alpha value is -4.01. The number of hydrogen-bond acceptors (Lipinski definition) is 6. The van der Waals surface area contributed by atoms with Crippen LogP contribution in [-0.2, 0) is 17.8 Å². The molecule has 0 aliphatic heterocycles. The Morgan fingerprint density at radius 3 is 2.60 bits per heavy atom. The van der Waals surface area contributed by atoms with E-state index in [0.29, 0.717) is 29.1 Å². The van der Waals surface area contributed by atoms with Crippen molar-refractivity contribution in [3.05, 3.63) is 91.9 Å². The fraction of sp³-hybridized carbons (Fsp3) is 0.190. The topological polar surface area (TPSA) is 116 Å². The molecule has 0 bridgehead atoms. The van der Waals surface area contributed by atoms with E-state index in [1.807, 2.05) is 24.3 Å². The summed E-state index contributed by atoms with van der Waals surface area (Å²) in [5.41, 5.74) is 1.98. The van der Waals surface area contributed by atoms with Gasteiger partial charge in [0.2, 0.25) is 5.91 Å². The summed E-state index contributed by atoms with van der Waals surface area (Å²) in [6.07, 6.45) is 0.378. The number of carbonyl (C=O) groups is 1. The van der Waals surface area contributed by atoms with Crippen LogP contribution in [0.15, 0.2) is 59.4 Å². The van der Waals surface area contributed by atoms with E-state index in [4.69, 9.17) is 4.74 Å². The lowest BCUT2D eigenvalue weighted by atomic mass is 10.1. The molecule has 0 aliphatic carbocycles. The molecule has 154 valence electrons. The molecule has 0 saturated heterocycles. The van der Waals surface area contributed by atoms with Crippen molar-refractivity contribution in [2.24, 2.45) is 0 Å². The van der Waals surface area contributed by atoms with Gasteiger partial charge in [-0.15, -0.1) is 0 Å². The van der Waals surface area contributed by atoms with E-state index in [0.717, 1.165) is 10.2 Å². The van der Waals surface area contributed by atoms with E-state index in [-0.39, 0.29) is 17.8 Å². The predicted molar refractivity (Wildman–Crippen MR) is 111 cm³/mol. The quantitative estimate of drug-likeness (QED) is 0.475. The fourth-order valence-electron chi connectivity index (χ4n) is 2.98. The third-order valence-corrected chi connectivity index (χ3v) is 4.35. The number of nitrogens with zero attached hydrogens (tertiary/aromatic N) is 3. The van der Waals surface area contributed by atoms with Crippen molar-refractivity contribution in [3.63, 3.8) is 0 Å². The molecule has 9 nitrogen and oxygen atoms in total. The maximum Gasteiger partial charge on any atom is 0.270 e. The van der Waals surface area contributed by atoms with Gasteiger partial charge in [0.15, 0.2) is 0 Å². The van der Waals surface area contributed by atoms with Gasteiger partial charge < -0.3 is 10.1 Å². The lowest BCUT2D eigenvalue weighted by molar-refractivity contribution is -0.384. The first kappa shape index (κ1) is 20.7. The number of hydrogen-bond donors (Lipinski definition) is 1. The Kier molecular flexibility index (Phi) is 6.21. The van der Waals surface area contributed by atoms with Gasteiger partial charge in [0, 0.05) is 29.8 Å². The monoisotopic (exact) mass is 408 g/mol. The molecule has 0 spiro atoms. The van der Waals surface area contributed by atoms with Gasteiger partial charge in [-0.1, -0.05) is 12.1 Å². The number of non-ortho nitro benzene ring substituents is 1. The molecule has 3 aromatic rings. The highest BCUT2D eigenvalue weighted by Crippen LogP contribution is 2.16. The largest absolute Gasteiger partial charge is 0.497 e. The fourth-order valence-corrected chi connectivity index (χ4v) is 2.98. The maximum absolute atomic E-state index is 12.8. The third kappa shape index (κ3) is 5.07. The van der Waals surface area contributed by atoms with Crippen molar-refractivity contribution in [2.75, 3.05) is 12.4 Å². The highest BCUT2D eigenvalue weighted by molar-refractivity contribution is 5.90. The normalized spacial score (nSPS) is 10.5. The lowest BCUT2D eigenvalue weighted by Crippen LogP contribution is -2.32. The molecule has 0 fully saturated rings. The molecular weight excluding hydrogens is 388 g/mol. The summed E-state index contributed by atoms with van der Waals surface area (Å²) in [5.74, 6) is 0.234. The maximum atomic E-state index is 12.8. The van der Waals surface area contributed by atoms with Gasteiger partial charge in [-0.2, -0.15) is 5.10 Å². The van der Waals surface area contributed by atoms with Crippen molar-refractivity contribution >= 4 is 17.3 Å². The summed E-state index contributed by atoms with van der Waals surface area (Å²) in [7, 11) is 1.58.